The minimum Gasteiger partial charge on any atom is -0.486 e. The third-order valence-corrected chi connectivity index (χ3v) is 4.43. The van der Waals surface area contributed by atoms with Crippen LogP contribution in [0.4, 0.5) is 0 Å². The van der Waals surface area contributed by atoms with Crippen LogP contribution in [0.1, 0.15) is 34.1 Å². The van der Waals surface area contributed by atoms with Crippen LogP contribution >= 0.6 is 27.3 Å². The zero-order chi connectivity index (χ0) is 14.0. The van der Waals surface area contributed by atoms with Crippen molar-refractivity contribution < 1.29 is 4.74 Å². The summed E-state index contributed by atoms with van der Waals surface area (Å²) in [6, 6.07) is 5.83. The molecule has 1 unspecified atom stereocenters. The highest BCUT2D eigenvalue weighted by atomic mass is 79.9. The van der Waals surface area contributed by atoms with Crippen LogP contribution in [-0.2, 0) is 6.61 Å². The van der Waals surface area contributed by atoms with Gasteiger partial charge in [-0.15, -0.1) is 11.3 Å². The number of halogens is 1. The molecule has 0 aliphatic heterocycles. The molecule has 5 heteroatoms. The largest absolute Gasteiger partial charge is 0.486 e. The Morgan fingerprint density at radius 1 is 1.42 bits per heavy atom. The summed E-state index contributed by atoms with van der Waals surface area (Å²) in [5, 5.41) is 0.994. The topological polar surface area (TPSA) is 48.1 Å². The first kappa shape index (κ1) is 14.5. The second-order valence-corrected chi connectivity index (χ2v) is 6.71. The predicted molar refractivity (Wildman–Crippen MR) is 82.7 cm³/mol. The van der Waals surface area contributed by atoms with E-state index in [1.54, 1.807) is 11.3 Å². The summed E-state index contributed by atoms with van der Waals surface area (Å²) < 4.78 is 6.86. The van der Waals surface area contributed by atoms with Crippen molar-refractivity contribution in [2.24, 2.45) is 5.73 Å². The lowest BCUT2D eigenvalue weighted by Crippen LogP contribution is -2.08. The molecule has 2 aromatic rings. The number of ether oxygens (including phenoxy) is 1. The van der Waals surface area contributed by atoms with E-state index in [0.29, 0.717) is 6.61 Å². The van der Waals surface area contributed by atoms with Gasteiger partial charge in [-0.3, -0.25) is 0 Å². The Morgan fingerprint density at radius 3 is 2.74 bits per heavy atom. The van der Waals surface area contributed by atoms with Crippen molar-refractivity contribution in [1.82, 2.24) is 4.98 Å². The molecule has 0 aliphatic carbocycles. The van der Waals surface area contributed by atoms with Gasteiger partial charge in [0, 0.05) is 21.0 Å². The molecule has 1 aromatic carbocycles. The van der Waals surface area contributed by atoms with Crippen molar-refractivity contribution in [3.8, 4) is 5.75 Å². The third kappa shape index (κ3) is 3.55. The molecule has 19 heavy (non-hydrogen) atoms. The van der Waals surface area contributed by atoms with Gasteiger partial charge in [-0.1, -0.05) is 15.9 Å². The fourth-order valence-corrected chi connectivity index (χ4v) is 2.97. The van der Waals surface area contributed by atoms with Crippen molar-refractivity contribution in [2.45, 2.75) is 33.4 Å². The van der Waals surface area contributed by atoms with E-state index in [1.165, 1.54) is 4.88 Å². The quantitative estimate of drug-likeness (QED) is 0.910. The maximum Gasteiger partial charge on any atom is 0.140 e. The van der Waals surface area contributed by atoms with Crippen molar-refractivity contribution in [2.75, 3.05) is 0 Å². The first-order valence-electron chi connectivity index (χ1n) is 6.08. The standard InChI is InChI=1S/C14H17BrN2OS/c1-8(16)12-6-11(15)4-5-13(12)18-7-14-17-9(2)10(3)19-14/h4-6,8H,7,16H2,1-3H3. The molecule has 102 valence electrons. The molecule has 0 amide bonds. The van der Waals surface area contributed by atoms with E-state index in [0.717, 1.165) is 26.5 Å². The first-order chi connectivity index (χ1) is 8.97. The molecule has 2 N–H and O–H groups in total. The molecule has 0 bridgehead atoms. The van der Waals surface area contributed by atoms with Gasteiger partial charge in [-0.05, 0) is 39.0 Å². The van der Waals surface area contributed by atoms with Gasteiger partial charge in [-0.2, -0.15) is 0 Å². The molecule has 0 spiro atoms. The Morgan fingerprint density at radius 2 is 2.16 bits per heavy atom. The summed E-state index contributed by atoms with van der Waals surface area (Å²) in [5.74, 6) is 0.823. The van der Waals surface area contributed by atoms with Crippen LogP contribution < -0.4 is 10.5 Å². The summed E-state index contributed by atoms with van der Waals surface area (Å²) in [5.41, 5.74) is 8.04. The van der Waals surface area contributed by atoms with Gasteiger partial charge in [0.25, 0.3) is 0 Å². The maximum absolute atomic E-state index is 5.97. The van der Waals surface area contributed by atoms with E-state index >= 15 is 0 Å². The van der Waals surface area contributed by atoms with E-state index in [4.69, 9.17) is 10.5 Å². The first-order valence-corrected chi connectivity index (χ1v) is 7.69. The van der Waals surface area contributed by atoms with E-state index in [2.05, 4.69) is 27.8 Å². The SMILES string of the molecule is Cc1nc(COc2ccc(Br)cc2C(C)N)sc1C. The van der Waals surface area contributed by atoms with Gasteiger partial charge in [-0.25, -0.2) is 4.98 Å². The molecule has 1 heterocycles. The van der Waals surface area contributed by atoms with Crippen molar-refractivity contribution in [3.05, 3.63) is 43.8 Å². The fraction of sp³-hybridized carbons (Fsp3) is 0.357. The molecule has 0 fully saturated rings. The smallest absolute Gasteiger partial charge is 0.140 e. The molecule has 0 saturated carbocycles. The number of benzene rings is 1. The van der Waals surface area contributed by atoms with Crippen LogP contribution in [0, 0.1) is 13.8 Å². The van der Waals surface area contributed by atoms with Gasteiger partial charge in [0.05, 0.1) is 5.69 Å². The van der Waals surface area contributed by atoms with Crippen LogP contribution in [0.5, 0.6) is 5.75 Å². The van der Waals surface area contributed by atoms with Crippen molar-refractivity contribution >= 4 is 27.3 Å². The minimum atomic E-state index is -0.0627. The third-order valence-electron chi connectivity index (χ3n) is 2.89. The molecular weight excluding hydrogens is 324 g/mol. The van der Waals surface area contributed by atoms with Crippen LogP contribution in [0.15, 0.2) is 22.7 Å². The average molecular weight is 341 g/mol. The normalized spacial score (nSPS) is 12.5. The molecule has 0 radical (unpaired) electrons. The van der Waals surface area contributed by atoms with Gasteiger partial charge in [0.15, 0.2) is 0 Å². The van der Waals surface area contributed by atoms with E-state index in [1.807, 2.05) is 32.0 Å². The Hall–Kier alpha value is -0.910. The van der Waals surface area contributed by atoms with Gasteiger partial charge in [0.1, 0.15) is 17.4 Å². The van der Waals surface area contributed by atoms with Crippen LogP contribution in [0.2, 0.25) is 0 Å². The van der Waals surface area contributed by atoms with Gasteiger partial charge < -0.3 is 10.5 Å². The van der Waals surface area contributed by atoms with Crippen LogP contribution in [-0.4, -0.2) is 4.98 Å². The zero-order valence-electron chi connectivity index (χ0n) is 11.2. The van der Waals surface area contributed by atoms with Gasteiger partial charge >= 0.3 is 0 Å². The van der Waals surface area contributed by atoms with Crippen molar-refractivity contribution in [1.29, 1.82) is 0 Å². The Balaban J connectivity index is 2.15. The lowest BCUT2D eigenvalue weighted by atomic mass is 10.1. The summed E-state index contributed by atoms with van der Waals surface area (Å²) in [7, 11) is 0. The molecule has 2 rings (SSSR count). The number of hydrogen-bond acceptors (Lipinski definition) is 4. The summed E-state index contributed by atoms with van der Waals surface area (Å²) in [4.78, 5) is 5.71. The molecule has 0 aliphatic rings. The Labute approximate surface area is 125 Å². The van der Waals surface area contributed by atoms with E-state index < -0.39 is 0 Å². The highest BCUT2D eigenvalue weighted by Gasteiger charge is 2.10. The second kappa shape index (κ2) is 6.03. The molecular formula is C14H17BrN2OS. The number of hydrogen-bond donors (Lipinski definition) is 1. The number of nitrogens with two attached hydrogens (primary N) is 1. The number of aromatic nitrogens is 1. The van der Waals surface area contributed by atoms with Gasteiger partial charge in [0.2, 0.25) is 0 Å². The summed E-state index contributed by atoms with van der Waals surface area (Å²) in [6.07, 6.45) is 0. The van der Waals surface area contributed by atoms with Crippen molar-refractivity contribution in [3.63, 3.8) is 0 Å². The van der Waals surface area contributed by atoms with E-state index in [9.17, 15) is 0 Å². The second-order valence-electron chi connectivity index (χ2n) is 4.51. The van der Waals surface area contributed by atoms with Crippen LogP contribution in [0.25, 0.3) is 0 Å². The highest BCUT2D eigenvalue weighted by Crippen LogP contribution is 2.28. The Kier molecular flexibility index (Phi) is 4.60. The predicted octanol–water partition coefficient (Wildman–Crippen LogP) is 4.12. The zero-order valence-corrected chi connectivity index (χ0v) is 13.6. The number of thiazole rings is 1. The number of nitrogens with zero attached hydrogens (tertiary/aromatic N) is 1. The number of rotatable bonds is 4. The minimum absolute atomic E-state index is 0.0627. The lowest BCUT2D eigenvalue weighted by Gasteiger charge is -2.13. The molecule has 0 saturated heterocycles. The monoisotopic (exact) mass is 340 g/mol. The average Bonchev–Trinajstić information content (AvgIpc) is 2.67. The lowest BCUT2D eigenvalue weighted by molar-refractivity contribution is 0.300. The summed E-state index contributed by atoms with van der Waals surface area (Å²) >= 11 is 5.13. The maximum atomic E-state index is 5.97. The molecule has 1 atom stereocenters. The van der Waals surface area contributed by atoms with Crippen LogP contribution in [0.3, 0.4) is 0 Å². The Bertz CT molecular complexity index is 561. The van der Waals surface area contributed by atoms with E-state index in [-0.39, 0.29) is 6.04 Å². The highest BCUT2D eigenvalue weighted by molar-refractivity contribution is 9.10. The fourth-order valence-electron chi connectivity index (χ4n) is 1.75. The molecule has 1 aromatic heterocycles. The summed E-state index contributed by atoms with van der Waals surface area (Å²) in [6.45, 7) is 6.53. The molecule has 3 nitrogen and oxygen atoms in total. The number of aryl methyl sites for hydroxylation is 2.